The van der Waals surface area contributed by atoms with E-state index >= 15 is 0 Å². The van der Waals surface area contributed by atoms with Gasteiger partial charge in [0.2, 0.25) is 0 Å². The predicted molar refractivity (Wildman–Crippen MR) is 37.7 cm³/mol. The van der Waals surface area contributed by atoms with Crippen molar-refractivity contribution in [1.29, 1.82) is 0 Å². The van der Waals surface area contributed by atoms with Crippen molar-refractivity contribution in [3.63, 3.8) is 0 Å². The van der Waals surface area contributed by atoms with Gasteiger partial charge in [-0.2, -0.15) is 0 Å². The summed E-state index contributed by atoms with van der Waals surface area (Å²) in [5.74, 6) is -1.80. The van der Waals surface area contributed by atoms with Crippen LogP contribution in [0.4, 0.5) is 8.78 Å². The molecular weight excluding hydrogens is 174 g/mol. The second-order valence-corrected chi connectivity index (χ2v) is 4.90. The number of rotatable bonds is 5. The van der Waals surface area contributed by atoms with Crippen LogP contribution in [0.3, 0.4) is 0 Å². The SMILES string of the molecule is CO[Si](OC)(OC)C(F)CF. The van der Waals surface area contributed by atoms with Gasteiger partial charge in [-0.15, -0.1) is 0 Å². The highest BCUT2D eigenvalue weighted by Gasteiger charge is 2.48. The Morgan fingerprint density at radius 1 is 1.18 bits per heavy atom. The maximum Gasteiger partial charge on any atom is 0.539 e. The Balaban J connectivity index is 4.26. The fourth-order valence-electron chi connectivity index (χ4n) is 0.728. The highest BCUT2D eigenvalue weighted by molar-refractivity contribution is 6.62. The minimum Gasteiger partial charge on any atom is -0.375 e. The van der Waals surface area contributed by atoms with Gasteiger partial charge >= 0.3 is 8.80 Å². The second-order valence-electron chi connectivity index (χ2n) is 1.84. The first kappa shape index (κ1) is 11.0. The lowest BCUT2D eigenvalue weighted by molar-refractivity contribution is 0.0812. The van der Waals surface area contributed by atoms with Crippen LogP contribution in [0.5, 0.6) is 0 Å². The molecule has 68 valence electrons. The number of hydrogen-bond acceptors (Lipinski definition) is 3. The van der Waals surface area contributed by atoms with Gasteiger partial charge in [-0.05, 0) is 0 Å². The summed E-state index contributed by atoms with van der Waals surface area (Å²) >= 11 is 0. The first-order chi connectivity index (χ1) is 5.16. The Bertz CT molecular complexity index is 102. The van der Waals surface area contributed by atoms with E-state index in [1.807, 2.05) is 0 Å². The topological polar surface area (TPSA) is 27.7 Å². The lowest BCUT2D eigenvalue weighted by Gasteiger charge is -2.25. The zero-order valence-electron chi connectivity index (χ0n) is 6.77. The highest BCUT2D eigenvalue weighted by atomic mass is 28.4. The minimum atomic E-state index is -3.36. The Morgan fingerprint density at radius 3 is 1.64 bits per heavy atom. The largest absolute Gasteiger partial charge is 0.539 e. The molecule has 0 aliphatic heterocycles. The molecule has 0 radical (unpaired) electrons. The van der Waals surface area contributed by atoms with Crippen molar-refractivity contribution in [2.24, 2.45) is 0 Å². The first-order valence-electron chi connectivity index (χ1n) is 3.02. The van der Waals surface area contributed by atoms with Crippen molar-refractivity contribution in [3.05, 3.63) is 0 Å². The molecule has 0 N–H and O–H groups in total. The monoisotopic (exact) mass is 186 g/mol. The molecule has 0 aromatic carbocycles. The van der Waals surface area contributed by atoms with E-state index in [4.69, 9.17) is 0 Å². The molecule has 11 heavy (non-hydrogen) atoms. The van der Waals surface area contributed by atoms with Gasteiger partial charge in [0, 0.05) is 21.3 Å². The predicted octanol–water partition coefficient (Wildman–Crippen LogP) is 0.711. The van der Waals surface area contributed by atoms with Gasteiger partial charge in [0.05, 0.1) is 0 Å². The van der Waals surface area contributed by atoms with Crippen molar-refractivity contribution in [3.8, 4) is 0 Å². The normalized spacial score (nSPS) is 15.0. The number of alkyl halides is 2. The zero-order chi connectivity index (χ0) is 8.91. The molecule has 0 aliphatic rings. The minimum absolute atomic E-state index is 1.15. The fraction of sp³-hybridized carbons (Fsp3) is 1.00. The van der Waals surface area contributed by atoms with Crippen LogP contribution >= 0.6 is 0 Å². The molecule has 0 fully saturated rings. The van der Waals surface area contributed by atoms with Crippen LogP contribution in [0, 0.1) is 0 Å². The van der Waals surface area contributed by atoms with Gasteiger partial charge in [0.25, 0.3) is 0 Å². The Morgan fingerprint density at radius 2 is 1.55 bits per heavy atom. The molecule has 0 saturated heterocycles. The summed E-state index contributed by atoms with van der Waals surface area (Å²) in [5.41, 5.74) is 0. The summed E-state index contributed by atoms with van der Waals surface area (Å²) in [4.78, 5) is 0. The van der Waals surface area contributed by atoms with Crippen LogP contribution in [0.1, 0.15) is 0 Å². The Kier molecular flexibility index (Phi) is 4.74. The maximum absolute atomic E-state index is 12.8. The lowest BCUT2D eigenvalue weighted by atomic mass is 10.9. The standard InChI is InChI=1S/C5H12F2O3Si/c1-8-11(9-2,10-3)5(7)4-6/h5H,4H2,1-3H3. The number of hydrogen-bond donors (Lipinski definition) is 0. The molecule has 0 heterocycles. The van der Waals surface area contributed by atoms with Gasteiger partial charge < -0.3 is 13.3 Å². The van der Waals surface area contributed by atoms with Crippen LogP contribution in [-0.2, 0) is 13.3 Å². The molecule has 6 heteroatoms. The smallest absolute Gasteiger partial charge is 0.375 e. The van der Waals surface area contributed by atoms with Gasteiger partial charge in [-0.3, -0.25) is 0 Å². The molecule has 1 atom stereocenters. The fourth-order valence-corrected chi connectivity index (χ4v) is 2.18. The molecule has 0 amide bonds. The summed E-state index contributed by atoms with van der Waals surface area (Å²) in [6, 6.07) is 0. The van der Waals surface area contributed by atoms with Crippen molar-refractivity contribution < 1.29 is 22.1 Å². The van der Waals surface area contributed by atoms with Crippen molar-refractivity contribution in [2.45, 2.75) is 5.79 Å². The second kappa shape index (κ2) is 4.76. The van der Waals surface area contributed by atoms with Gasteiger partial charge in [0.1, 0.15) is 6.67 Å². The van der Waals surface area contributed by atoms with E-state index in [0.29, 0.717) is 0 Å². The van der Waals surface area contributed by atoms with E-state index in [1.165, 1.54) is 21.3 Å². The Labute approximate surface area is 65.6 Å². The maximum atomic E-state index is 12.8. The van der Waals surface area contributed by atoms with Crippen LogP contribution in [-0.4, -0.2) is 42.6 Å². The van der Waals surface area contributed by atoms with Crippen molar-refractivity contribution >= 4 is 8.80 Å². The van der Waals surface area contributed by atoms with E-state index in [0.717, 1.165) is 0 Å². The van der Waals surface area contributed by atoms with Crippen LogP contribution in [0.25, 0.3) is 0 Å². The lowest BCUT2D eigenvalue weighted by Crippen LogP contribution is -2.53. The highest BCUT2D eigenvalue weighted by Crippen LogP contribution is 2.15. The third-order valence-electron chi connectivity index (χ3n) is 1.37. The zero-order valence-corrected chi connectivity index (χ0v) is 7.77. The average Bonchev–Trinajstić information content (AvgIpc) is 2.08. The molecule has 3 nitrogen and oxygen atoms in total. The third kappa shape index (κ3) is 2.19. The summed E-state index contributed by atoms with van der Waals surface area (Å²) in [7, 11) is 0.350. The van der Waals surface area contributed by atoms with Gasteiger partial charge in [-0.1, -0.05) is 0 Å². The Hall–Kier alpha value is -0.0431. The summed E-state index contributed by atoms with van der Waals surface area (Å²) in [6.45, 7) is -1.15. The number of halogens is 2. The molecular formula is C5H12F2O3Si. The quantitative estimate of drug-likeness (QED) is 0.592. The molecule has 0 rings (SSSR count). The van der Waals surface area contributed by atoms with Crippen molar-refractivity contribution in [2.75, 3.05) is 28.0 Å². The summed E-state index contributed by atoms with van der Waals surface area (Å²) in [6.07, 6.45) is 0. The molecule has 0 aromatic rings. The molecule has 1 unspecified atom stereocenters. The van der Waals surface area contributed by atoms with E-state index in [1.54, 1.807) is 0 Å². The summed E-state index contributed by atoms with van der Waals surface area (Å²) in [5, 5.41) is 0. The molecule has 0 bridgehead atoms. The third-order valence-corrected chi connectivity index (χ3v) is 4.00. The van der Waals surface area contributed by atoms with Gasteiger partial charge in [-0.25, -0.2) is 8.78 Å². The molecule has 0 saturated carbocycles. The first-order valence-corrected chi connectivity index (χ1v) is 4.82. The van der Waals surface area contributed by atoms with Crippen LogP contribution in [0.15, 0.2) is 0 Å². The molecule has 0 aliphatic carbocycles. The van der Waals surface area contributed by atoms with E-state index < -0.39 is 21.3 Å². The summed E-state index contributed by atoms with van der Waals surface area (Å²) < 4.78 is 38.6. The van der Waals surface area contributed by atoms with Crippen molar-refractivity contribution in [1.82, 2.24) is 0 Å². The van der Waals surface area contributed by atoms with Gasteiger partial charge in [0.15, 0.2) is 5.79 Å². The van der Waals surface area contributed by atoms with Crippen LogP contribution < -0.4 is 0 Å². The van der Waals surface area contributed by atoms with E-state index in [-0.39, 0.29) is 0 Å². The molecule has 0 spiro atoms. The average molecular weight is 186 g/mol. The van der Waals surface area contributed by atoms with E-state index in [9.17, 15) is 8.78 Å². The van der Waals surface area contributed by atoms with E-state index in [2.05, 4.69) is 13.3 Å². The molecule has 0 aromatic heterocycles. The van der Waals surface area contributed by atoms with Crippen LogP contribution in [0.2, 0.25) is 0 Å².